The maximum absolute atomic E-state index is 12.7. The number of carbonyl (C=O) groups is 1. The molecule has 0 spiro atoms. The number of carbonyl (C=O) groups excluding carboxylic acids is 1. The molecule has 0 saturated heterocycles. The Kier molecular flexibility index (Phi) is 4.15. The van der Waals surface area contributed by atoms with Crippen molar-refractivity contribution in [3.8, 4) is 0 Å². The first-order valence-corrected chi connectivity index (χ1v) is 8.89. The summed E-state index contributed by atoms with van der Waals surface area (Å²) in [5.41, 5.74) is -0.0702. The van der Waals surface area contributed by atoms with Crippen molar-refractivity contribution < 1.29 is 9.53 Å². The van der Waals surface area contributed by atoms with Crippen molar-refractivity contribution in [1.82, 2.24) is 5.32 Å². The molecule has 1 amide bonds. The smallest absolute Gasteiger partial charge is 0.226 e. The van der Waals surface area contributed by atoms with Gasteiger partial charge in [0.2, 0.25) is 5.91 Å². The van der Waals surface area contributed by atoms with E-state index in [2.05, 4.69) is 21.2 Å². The van der Waals surface area contributed by atoms with Crippen LogP contribution in [0, 0.1) is 17.3 Å². The molecule has 0 aromatic heterocycles. The molecule has 4 bridgehead atoms. The summed E-state index contributed by atoms with van der Waals surface area (Å²) in [4.78, 5) is 12.7. The molecule has 4 fully saturated rings. The minimum absolute atomic E-state index is 0.0702. The lowest BCUT2D eigenvalue weighted by atomic mass is 9.49. The fraction of sp³-hybridized carbons (Fsp3) is 0.938. The first-order valence-electron chi connectivity index (χ1n) is 8.10. The van der Waals surface area contributed by atoms with Crippen LogP contribution >= 0.6 is 15.9 Å². The zero-order chi connectivity index (χ0) is 14.2. The van der Waals surface area contributed by atoms with Crippen LogP contribution in [-0.4, -0.2) is 30.0 Å². The molecule has 114 valence electrons. The van der Waals surface area contributed by atoms with Crippen LogP contribution in [0.5, 0.6) is 0 Å². The zero-order valence-electron chi connectivity index (χ0n) is 12.4. The maximum Gasteiger partial charge on any atom is 0.226 e. The van der Waals surface area contributed by atoms with Crippen molar-refractivity contribution in [2.75, 3.05) is 19.8 Å². The van der Waals surface area contributed by atoms with Crippen molar-refractivity contribution in [2.45, 2.75) is 56.2 Å². The number of hydrogen-bond donors (Lipinski definition) is 1. The van der Waals surface area contributed by atoms with Gasteiger partial charge in [0, 0.05) is 24.1 Å². The molecule has 4 aliphatic rings. The van der Waals surface area contributed by atoms with Gasteiger partial charge in [-0.05, 0) is 63.7 Å². The Balaban J connectivity index is 1.57. The van der Waals surface area contributed by atoms with Crippen LogP contribution in [0.4, 0.5) is 0 Å². The standard InChI is InChI=1S/C16H26BrNO2/c1-2-20-5-3-4-18-14(19)15-7-12-6-13(8-15)10-16(17,9-12)11-15/h12-13H,2-11H2,1H3,(H,18,19). The second kappa shape index (κ2) is 5.60. The van der Waals surface area contributed by atoms with Crippen LogP contribution in [-0.2, 0) is 9.53 Å². The third-order valence-corrected chi connectivity index (χ3v) is 6.35. The lowest BCUT2D eigenvalue weighted by Gasteiger charge is -2.59. The van der Waals surface area contributed by atoms with E-state index in [-0.39, 0.29) is 9.74 Å². The van der Waals surface area contributed by atoms with E-state index in [1.807, 2.05) is 6.92 Å². The van der Waals surface area contributed by atoms with Gasteiger partial charge >= 0.3 is 0 Å². The highest BCUT2D eigenvalue weighted by Crippen LogP contribution is 2.64. The molecule has 20 heavy (non-hydrogen) atoms. The van der Waals surface area contributed by atoms with Crippen LogP contribution in [0.1, 0.15) is 51.9 Å². The monoisotopic (exact) mass is 343 g/mol. The highest BCUT2D eigenvalue weighted by atomic mass is 79.9. The fourth-order valence-electron chi connectivity index (χ4n) is 5.12. The second-order valence-electron chi connectivity index (χ2n) is 7.20. The maximum atomic E-state index is 12.7. The number of rotatable bonds is 6. The van der Waals surface area contributed by atoms with Crippen molar-refractivity contribution in [2.24, 2.45) is 17.3 Å². The summed E-state index contributed by atoms with van der Waals surface area (Å²) >= 11 is 3.96. The Labute approximate surface area is 130 Å². The Morgan fingerprint density at radius 2 is 2.00 bits per heavy atom. The number of halogens is 1. The molecule has 2 unspecified atom stereocenters. The molecular formula is C16H26BrNO2. The first kappa shape index (κ1) is 14.8. The largest absolute Gasteiger partial charge is 0.382 e. The first-order chi connectivity index (χ1) is 9.55. The molecule has 0 aliphatic heterocycles. The van der Waals surface area contributed by atoms with Crippen molar-refractivity contribution in [3.05, 3.63) is 0 Å². The van der Waals surface area contributed by atoms with Gasteiger partial charge in [0.15, 0.2) is 0 Å². The van der Waals surface area contributed by atoms with Crippen LogP contribution in [0.2, 0.25) is 0 Å². The Bertz CT molecular complexity index is 371. The number of nitrogens with one attached hydrogen (secondary N) is 1. The highest BCUT2D eigenvalue weighted by Gasteiger charge is 2.59. The number of ether oxygens (including phenoxy) is 1. The van der Waals surface area contributed by atoms with Gasteiger partial charge < -0.3 is 10.1 Å². The van der Waals surface area contributed by atoms with Gasteiger partial charge in [-0.15, -0.1) is 0 Å². The second-order valence-corrected chi connectivity index (χ2v) is 8.88. The molecule has 3 nitrogen and oxygen atoms in total. The fourth-order valence-corrected chi connectivity index (χ4v) is 6.58. The normalized spacial score (nSPS) is 41.9. The minimum Gasteiger partial charge on any atom is -0.382 e. The SMILES string of the molecule is CCOCCCNC(=O)C12CC3CC(CC(Br)(C3)C1)C2. The molecule has 2 atom stereocenters. The van der Waals surface area contributed by atoms with E-state index >= 15 is 0 Å². The lowest BCUT2D eigenvalue weighted by molar-refractivity contribution is -0.144. The molecule has 4 saturated carbocycles. The molecule has 4 heteroatoms. The van der Waals surface area contributed by atoms with Gasteiger partial charge in [-0.1, -0.05) is 15.9 Å². The van der Waals surface area contributed by atoms with Gasteiger partial charge in [0.1, 0.15) is 0 Å². The predicted molar refractivity (Wildman–Crippen MR) is 82.9 cm³/mol. The third kappa shape index (κ3) is 2.78. The number of amides is 1. The predicted octanol–water partition coefficient (Wildman–Crippen LogP) is 3.26. The van der Waals surface area contributed by atoms with E-state index in [9.17, 15) is 4.79 Å². The van der Waals surface area contributed by atoms with Crippen molar-refractivity contribution in [1.29, 1.82) is 0 Å². The van der Waals surface area contributed by atoms with E-state index in [4.69, 9.17) is 4.74 Å². The van der Waals surface area contributed by atoms with Crippen molar-refractivity contribution >= 4 is 21.8 Å². The third-order valence-electron chi connectivity index (χ3n) is 5.43. The number of alkyl halides is 1. The van der Waals surface area contributed by atoms with E-state index in [0.717, 1.165) is 57.3 Å². The van der Waals surface area contributed by atoms with Crippen LogP contribution < -0.4 is 5.32 Å². The quantitative estimate of drug-likeness (QED) is 0.593. The average Bonchev–Trinajstić information content (AvgIpc) is 2.35. The van der Waals surface area contributed by atoms with Crippen LogP contribution in [0.15, 0.2) is 0 Å². The van der Waals surface area contributed by atoms with E-state index in [1.165, 1.54) is 19.3 Å². The Morgan fingerprint density at radius 1 is 1.30 bits per heavy atom. The van der Waals surface area contributed by atoms with Crippen molar-refractivity contribution in [3.63, 3.8) is 0 Å². The molecule has 0 heterocycles. The van der Waals surface area contributed by atoms with E-state index < -0.39 is 0 Å². The summed E-state index contributed by atoms with van der Waals surface area (Å²) in [5.74, 6) is 1.85. The summed E-state index contributed by atoms with van der Waals surface area (Å²) in [6.45, 7) is 4.26. The lowest BCUT2D eigenvalue weighted by Crippen LogP contribution is -2.58. The van der Waals surface area contributed by atoms with E-state index in [0.29, 0.717) is 5.91 Å². The van der Waals surface area contributed by atoms with Gasteiger partial charge in [0.25, 0.3) is 0 Å². The Hall–Kier alpha value is -0.0900. The van der Waals surface area contributed by atoms with Gasteiger partial charge in [-0.25, -0.2) is 0 Å². The molecule has 0 aromatic rings. The molecule has 1 N–H and O–H groups in total. The molecule has 4 rings (SSSR count). The molecule has 4 aliphatic carbocycles. The topological polar surface area (TPSA) is 38.3 Å². The van der Waals surface area contributed by atoms with Gasteiger partial charge in [0.05, 0.1) is 5.41 Å². The summed E-state index contributed by atoms with van der Waals surface area (Å²) in [6.07, 6.45) is 8.12. The van der Waals surface area contributed by atoms with Crippen LogP contribution in [0.3, 0.4) is 0 Å². The van der Waals surface area contributed by atoms with E-state index in [1.54, 1.807) is 0 Å². The molecule has 0 aromatic carbocycles. The number of hydrogen-bond acceptors (Lipinski definition) is 2. The summed E-state index contributed by atoms with van der Waals surface area (Å²) in [7, 11) is 0. The highest BCUT2D eigenvalue weighted by molar-refractivity contribution is 9.10. The Morgan fingerprint density at radius 3 is 2.60 bits per heavy atom. The zero-order valence-corrected chi connectivity index (χ0v) is 14.0. The van der Waals surface area contributed by atoms with Gasteiger partial charge in [-0.2, -0.15) is 0 Å². The minimum atomic E-state index is -0.0702. The summed E-state index contributed by atoms with van der Waals surface area (Å²) < 4.78 is 5.59. The molecule has 0 radical (unpaired) electrons. The van der Waals surface area contributed by atoms with Crippen LogP contribution in [0.25, 0.3) is 0 Å². The summed E-state index contributed by atoms with van der Waals surface area (Å²) in [5, 5.41) is 3.18. The average molecular weight is 344 g/mol. The molecular weight excluding hydrogens is 318 g/mol. The summed E-state index contributed by atoms with van der Waals surface area (Å²) in [6, 6.07) is 0. The van der Waals surface area contributed by atoms with Gasteiger partial charge in [-0.3, -0.25) is 4.79 Å².